The lowest BCUT2D eigenvalue weighted by molar-refractivity contribution is 0.0798. The highest BCUT2D eigenvalue weighted by atomic mass is 32.1. The Morgan fingerprint density at radius 2 is 2.14 bits per heavy atom. The molecular weight excluding hydrogens is 286 g/mol. The molecule has 0 spiro atoms. The van der Waals surface area contributed by atoms with Crippen LogP contribution in [0.15, 0.2) is 12.1 Å². The molecule has 2 rings (SSSR count). The van der Waals surface area contributed by atoms with Crippen LogP contribution in [0.25, 0.3) is 10.2 Å². The summed E-state index contributed by atoms with van der Waals surface area (Å²) in [6, 6.07) is 3.82. The van der Waals surface area contributed by atoms with E-state index in [2.05, 4.69) is 4.98 Å². The predicted molar refractivity (Wildman–Crippen MR) is 86.7 cm³/mol. The molecule has 0 fully saturated rings. The van der Waals surface area contributed by atoms with Gasteiger partial charge in [-0.15, -0.1) is 11.3 Å². The van der Waals surface area contributed by atoms with Gasteiger partial charge in [-0.3, -0.25) is 4.79 Å². The monoisotopic (exact) mass is 307 g/mol. The van der Waals surface area contributed by atoms with Crippen molar-refractivity contribution in [2.24, 2.45) is 0 Å². The lowest BCUT2D eigenvalue weighted by Crippen LogP contribution is -2.27. The molecule has 0 saturated heterocycles. The van der Waals surface area contributed by atoms with Crippen molar-refractivity contribution in [3.63, 3.8) is 0 Å². The van der Waals surface area contributed by atoms with Gasteiger partial charge in [-0.1, -0.05) is 0 Å². The number of aromatic nitrogens is 1. The Bertz CT molecular complexity index is 639. The number of rotatable bonds is 6. The van der Waals surface area contributed by atoms with E-state index in [1.54, 1.807) is 11.9 Å². The molecule has 1 amide bonds. The van der Waals surface area contributed by atoms with E-state index in [1.165, 1.54) is 11.3 Å². The van der Waals surface area contributed by atoms with Gasteiger partial charge < -0.3 is 15.7 Å². The number of pyridine rings is 1. The number of hydrogen-bond acceptors (Lipinski definition) is 5. The third-order valence-corrected chi connectivity index (χ3v) is 4.53. The predicted octanol–water partition coefficient (Wildman–Crippen LogP) is 2.42. The summed E-state index contributed by atoms with van der Waals surface area (Å²) < 4.78 is 0. The van der Waals surface area contributed by atoms with Gasteiger partial charge in [-0.2, -0.15) is 0 Å². The van der Waals surface area contributed by atoms with Gasteiger partial charge in [0.25, 0.3) is 5.91 Å². The quantitative estimate of drug-likeness (QED) is 0.803. The van der Waals surface area contributed by atoms with Crippen LogP contribution < -0.4 is 5.73 Å². The van der Waals surface area contributed by atoms with Gasteiger partial charge in [-0.25, -0.2) is 4.98 Å². The third-order valence-electron chi connectivity index (χ3n) is 3.43. The van der Waals surface area contributed by atoms with Gasteiger partial charge in [0, 0.05) is 31.3 Å². The first-order valence-electron chi connectivity index (χ1n) is 7.06. The Kier molecular flexibility index (Phi) is 5.14. The van der Waals surface area contributed by atoms with E-state index >= 15 is 0 Å². The molecular formula is C15H21N3O2S. The molecule has 21 heavy (non-hydrogen) atoms. The van der Waals surface area contributed by atoms with Crippen molar-refractivity contribution in [2.75, 3.05) is 25.9 Å². The number of hydrogen-bond donors (Lipinski definition) is 2. The number of nitrogen functional groups attached to an aromatic ring is 1. The summed E-state index contributed by atoms with van der Waals surface area (Å²) >= 11 is 1.35. The van der Waals surface area contributed by atoms with Crippen molar-refractivity contribution in [3.8, 4) is 0 Å². The molecule has 0 atom stereocenters. The fourth-order valence-corrected chi connectivity index (χ4v) is 3.29. The molecule has 0 aliphatic carbocycles. The minimum Gasteiger partial charge on any atom is -0.397 e. The SMILES string of the molecule is Cc1ccc2c(N)c(C(=O)N(C)CCCCCO)sc2n1. The van der Waals surface area contributed by atoms with Crippen LogP contribution in [0.5, 0.6) is 0 Å². The lowest BCUT2D eigenvalue weighted by Gasteiger charge is -2.16. The smallest absolute Gasteiger partial charge is 0.265 e. The van der Waals surface area contributed by atoms with Crippen LogP contribution >= 0.6 is 11.3 Å². The zero-order chi connectivity index (χ0) is 15.4. The number of nitrogens with two attached hydrogens (primary N) is 1. The molecule has 0 bridgehead atoms. The Morgan fingerprint density at radius 3 is 2.86 bits per heavy atom. The minimum atomic E-state index is -0.0582. The molecule has 2 aromatic heterocycles. The summed E-state index contributed by atoms with van der Waals surface area (Å²) in [4.78, 5) is 19.9. The second-order valence-corrected chi connectivity index (χ2v) is 6.16. The Labute approximate surface area is 128 Å². The first-order valence-corrected chi connectivity index (χ1v) is 7.88. The molecule has 5 nitrogen and oxygen atoms in total. The summed E-state index contributed by atoms with van der Waals surface area (Å²) in [7, 11) is 1.78. The van der Waals surface area contributed by atoms with Crippen molar-refractivity contribution < 1.29 is 9.90 Å². The lowest BCUT2D eigenvalue weighted by atomic mass is 10.2. The number of amides is 1. The number of aliphatic hydroxyl groups is 1. The number of aryl methyl sites for hydroxylation is 1. The highest BCUT2D eigenvalue weighted by molar-refractivity contribution is 7.21. The maximum Gasteiger partial charge on any atom is 0.265 e. The molecule has 0 aliphatic heterocycles. The summed E-state index contributed by atoms with van der Waals surface area (Å²) in [5, 5.41) is 9.61. The largest absolute Gasteiger partial charge is 0.397 e. The topological polar surface area (TPSA) is 79.5 Å². The molecule has 6 heteroatoms. The summed E-state index contributed by atoms with van der Waals surface area (Å²) in [5.74, 6) is -0.0582. The standard InChI is InChI=1S/C15H21N3O2S/c1-10-6-7-11-12(16)13(21-14(11)17-10)15(20)18(2)8-4-3-5-9-19/h6-7,19H,3-5,8-9,16H2,1-2H3. The van der Waals surface area contributed by atoms with Crippen molar-refractivity contribution in [3.05, 3.63) is 22.7 Å². The van der Waals surface area contributed by atoms with E-state index in [-0.39, 0.29) is 12.5 Å². The van der Waals surface area contributed by atoms with E-state index in [9.17, 15) is 4.79 Å². The zero-order valence-corrected chi connectivity index (χ0v) is 13.2. The average Bonchev–Trinajstić information content (AvgIpc) is 2.79. The highest BCUT2D eigenvalue weighted by Gasteiger charge is 2.20. The third kappa shape index (κ3) is 3.51. The van der Waals surface area contributed by atoms with E-state index in [1.807, 2.05) is 19.1 Å². The maximum absolute atomic E-state index is 12.5. The van der Waals surface area contributed by atoms with Crippen molar-refractivity contribution in [1.82, 2.24) is 9.88 Å². The Morgan fingerprint density at radius 1 is 1.38 bits per heavy atom. The van der Waals surface area contributed by atoms with Crippen LogP contribution in [0, 0.1) is 6.92 Å². The Hall–Kier alpha value is -1.66. The first kappa shape index (κ1) is 15.7. The van der Waals surface area contributed by atoms with E-state index in [0.29, 0.717) is 17.1 Å². The Balaban J connectivity index is 2.13. The van der Waals surface area contributed by atoms with Gasteiger partial charge in [0.1, 0.15) is 9.71 Å². The van der Waals surface area contributed by atoms with Crippen LogP contribution in [0.4, 0.5) is 5.69 Å². The van der Waals surface area contributed by atoms with Crippen LogP contribution in [-0.2, 0) is 0 Å². The number of anilines is 1. The van der Waals surface area contributed by atoms with Crippen molar-refractivity contribution >= 4 is 33.1 Å². The average molecular weight is 307 g/mol. The second-order valence-electron chi connectivity index (χ2n) is 5.16. The maximum atomic E-state index is 12.5. The fraction of sp³-hybridized carbons (Fsp3) is 0.467. The fourth-order valence-electron chi connectivity index (χ4n) is 2.16. The summed E-state index contributed by atoms with van der Waals surface area (Å²) in [6.07, 6.45) is 2.57. The first-order chi connectivity index (χ1) is 10.0. The van der Waals surface area contributed by atoms with Gasteiger partial charge >= 0.3 is 0 Å². The van der Waals surface area contributed by atoms with Crippen LogP contribution in [-0.4, -0.2) is 41.1 Å². The molecule has 0 aromatic carbocycles. The van der Waals surface area contributed by atoms with E-state index in [4.69, 9.17) is 10.8 Å². The molecule has 2 aromatic rings. The van der Waals surface area contributed by atoms with Gasteiger partial charge in [0.2, 0.25) is 0 Å². The van der Waals surface area contributed by atoms with Gasteiger partial charge in [0.15, 0.2) is 0 Å². The van der Waals surface area contributed by atoms with E-state index in [0.717, 1.165) is 35.2 Å². The number of unbranched alkanes of at least 4 members (excludes halogenated alkanes) is 2. The molecule has 0 aliphatic rings. The molecule has 3 N–H and O–H groups in total. The second kappa shape index (κ2) is 6.87. The number of fused-ring (bicyclic) bond motifs is 1. The van der Waals surface area contributed by atoms with E-state index < -0.39 is 0 Å². The summed E-state index contributed by atoms with van der Waals surface area (Å²) in [5.41, 5.74) is 7.53. The highest BCUT2D eigenvalue weighted by Crippen LogP contribution is 2.33. The number of aliphatic hydroxyl groups excluding tert-OH is 1. The summed E-state index contributed by atoms with van der Waals surface area (Å²) in [6.45, 7) is 2.79. The molecule has 0 radical (unpaired) electrons. The number of nitrogens with zero attached hydrogens (tertiary/aromatic N) is 2. The molecule has 114 valence electrons. The van der Waals surface area contributed by atoms with Crippen LogP contribution in [0.2, 0.25) is 0 Å². The molecule has 0 unspecified atom stereocenters. The molecule has 2 heterocycles. The van der Waals surface area contributed by atoms with Gasteiger partial charge in [-0.05, 0) is 38.3 Å². The number of carbonyl (C=O) groups is 1. The van der Waals surface area contributed by atoms with Crippen LogP contribution in [0.3, 0.4) is 0 Å². The van der Waals surface area contributed by atoms with Gasteiger partial charge in [0.05, 0.1) is 5.69 Å². The zero-order valence-electron chi connectivity index (χ0n) is 12.4. The number of thiophene rings is 1. The van der Waals surface area contributed by atoms with Crippen LogP contribution in [0.1, 0.15) is 34.6 Å². The minimum absolute atomic E-state index is 0.0582. The normalized spacial score (nSPS) is 11.0. The number of carbonyl (C=O) groups excluding carboxylic acids is 1. The van der Waals surface area contributed by atoms with Crippen molar-refractivity contribution in [1.29, 1.82) is 0 Å². The van der Waals surface area contributed by atoms with Crippen molar-refractivity contribution in [2.45, 2.75) is 26.2 Å². The molecule has 0 saturated carbocycles.